The van der Waals surface area contributed by atoms with Crippen molar-refractivity contribution in [2.45, 2.75) is 37.5 Å². The molecule has 1 atom stereocenters. The van der Waals surface area contributed by atoms with E-state index in [-0.39, 0.29) is 23.3 Å². The lowest BCUT2D eigenvalue weighted by molar-refractivity contribution is -0.126. The molecule has 1 aliphatic rings. The number of sulfonamides is 1. The molecule has 0 bridgehead atoms. The van der Waals surface area contributed by atoms with Gasteiger partial charge in [0.2, 0.25) is 15.9 Å². The fraction of sp³-hybridized carbons (Fsp3) is 0.435. The van der Waals surface area contributed by atoms with Crippen molar-refractivity contribution in [1.29, 1.82) is 0 Å². The van der Waals surface area contributed by atoms with E-state index in [9.17, 15) is 13.2 Å². The first-order chi connectivity index (χ1) is 14.5. The number of ether oxygens (including phenoxy) is 1. The molecule has 1 fully saturated rings. The predicted octanol–water partition coefficient (Wildman–Crippen LogP) is 3.24. The van der Waals surface area contributed by atoms with E-state index < -0.39 is 10.0 Å². The highest BCUT2D eigenvalue weighted by Crippen LogP contribution is 2.23. The van der Waals surface area contributed by atoms with E-state index in [1.54, 1.807) is 30.3 Å². The van der Waals surface area contributed by atoms with E-state index in [1.165, 1.54) is 9.87 Å². The number of benzene rings is 2. The number of aryl methyl sites for hydroxylation is 1. The zero-order valence-electron chi connectivity index (χ0n) is 17.4. The smallest absolute Gasteiger partial charge is 0.243 e. The van der Waals surface area contributed by atoms with Gasteiger partial charge in [0.25, 0.3) is 0 Å². The molecule has 162 valence electrons. The molecule has 1 heterocycles. The van der Waals surface area contributed by atoms with Crippen LogP contribution < -0.4 is 10.1 Å². The van der Waals surface area contributed by atoms with Gasteiger partial charge in [0.15, 0.2) is 0 Å². The van der Waals surface area contributed by atoms with Gasteiger partial charge in [-0.1, -0.05) is 30.3 Å². The minimum Gasteiger partial charge on any atom is -0.494 e. The van der Waals surface area contributed by atoms with Gasteiger partial charge in [0, 0.05) is 19.6 Å². The number of rotatable bonds is 9. The Bertz CT molecular complexity index is 914. The van der Waals surface area contributed by atoms with Gasteiger partial charge in [0.1, 0.15) is 5.75 Å². The molecule has 1 aliphatic heterocycles. The Morgan fingerprint density at radius 3 is 2.57 bits per heavy atom. The Morgan fingerprint density at radius 2 is 1.87 bits per heavy atom. The van der Waals surface area contributed by atoms with Crippen LogP contribution in [0.15, 0.2) is 59.5 Å². The van der Waals surface area contributed by atoms with Crippen LogP contribution in [0.2, 0.25) is 0 Å². The van der Waals surface area contributed by atoms with Crippen molar-refractivity contribution in [3.63, 3.8) is 0 Å². The Kier molecular flexibility index (Phi) is 7.87. The topological polar surface area (TPSA) is 75.7 Å². The van der Waals surface area contributed by atoms with E-state index in [2.05, 4.69) is 5.32 Å². The summed E-state index contributed by atoms with van der Waals surface area (Å²) in [6.45, 7) is 3.88. The summed E-state index contributed by atoms with van der Waals surface area (Å²) >= 11 is 0. The van der Waals surface area contributed by atoms with Crippen molar-refractivity contribution in [2.24, 2.45) is 5.92 Å². The summed E-state index contributed by atoms with van der Waals surface area (Å²) in [5.74, 6) is 0.499. The first-order valence-corrected chi connectivity index (χ1v) is 12.0. The van der Waals surface area contributed by atoms with E-state index in [0.717, 1.165) is 18.6 Å². The van der Waals surface area contributed by atoms with Gasteiger partial charge < -0.3 is 10.1 Å². The molecule has 0 spiro atoms. The summed E-state index contributed by atoms with van der Waals surface area (Å²) in [5.41, 5.74) is 1.20. The Balaban J connectivity index is 1.46. The van der Waals surface area contributed by atoms with Crippen LogP contribution in [0.4, 0.5) is 0 Å². The summed E-state index contributed by atoms with van der Waals surface area (Å²) < 4.78 is 32.5. The van der Waals surface area contributed by atoms with Crippen molar-refractivity contribution >= 4 is 15.9 Å². The zero-order chi connectivity index (χ0) is 21.4. The van der Waals surface area contributed by atoms with E-state index >= 15 is 0 Å². The lowest BCUT2D eigenvalue weighted by atomic mass is 9.99. The monoisotopic (exact) mass is 430 g/mol. The lowest BCUT2D eigenvalue weighted by Crippen LogP contribution is -2.45. The van der Waals surface area contributed by atoms with Crippen LogP contribution >= 0.6 is 0 Å². The maximum absolute atomic E-state index is 12.8. The second-order valence-corrected chi connectivity index (χ2v) is 9.42. The highest BCUT2D eigenvalue weighted by Gasteiger charge is 2.33. The molecule has 0 aromatic heterocycles. The summed E-state index contributed by atoms with van der Waals surface area (Å²) in [4.78, 5) is 12.9. The zero-order valence-corrected chi connectivity index (χ0v) is 18.2. The van der Waals surface area contributed by atoms with Crippen molar-refractivity contribution in [1.82, 2.24) is 9.62 Å². The SMILES string of the molecule is CCOc1ccc(CCCNC(=O)[C@H]2CCCN(S(=O)(=O)c3ccccc3)C2)cc1. The van der Waals surface area contributed by atoms with Crippen LogP contribution in [-0.4, -0.2) is 44.9 Å². The van der Waals surface area contributed by atoms with Crippen molar-refractivity contribution in [3.8, 4) is 5.75 Å². The number of carbonyl (C=O) groups excluding carboxylic acids is 1. The third-order valence-electron chi connectivity index (χ3n) is 5.31. The van der Waals surface area contributed by atoms with Crippen molar-refractivity contribution < 1.29 is 17.9 Å². The normalized spacial score (nSPS) is 17.4. The molecule has 6 nitrogen and oxygen atoms in total. The highest BCUT2D eigenvalue weighted by molar-refractivity contribution is 7.89. The average molecular weight is 431 g/mol. The maximum atomic E-state index is 12.8. The van der Waals surface area contributed by atoms with Crippen LogP contribution in [0.25, 0.3) is 0 Å². The Hall–Kier alpha value is -2.38. The van der Waals surface area contributed by atoms with Gasteiger partial charge in [-0.3, -0.25) is 4.79 Å². The van der Waals surface area contributed by atoms with E-state index in [1.807, 2.05) is 31.2 Å². The number of nitrogens with zero attached hydrogens (tertiary/aromatic N) is 1. The summed E-state index contributed by atoms with van der Waals surface area (Å²) in [6, 6.07) is 16.4. The minimum absolute atomic E-state index is 0.0605. The lowest BCUT2D eigenvalue weighted by Gasteiger charge is -2.31. The minimum atomic E-state index is -3.55. The van der Waals surface area contributed by atoms with Crippen molar-refractivity contribution in [2.75, 3.05) is 26.2 Å². The molecule has 3 rings (SSSR count). The Morgan fingerprint density at radius 1 is 1.13 bits per heavy atom. The highest BCUT2D eigenvalue weighted by atomic mass is 32.2. The maximum Gasteiger partial charge on any atom is 0.243 e. The molecule has 1 amide bonds. The van der Waals surface area contributed by atoms with Crippen LogP contribution in [0.5, 0.6) is 5.75 Å². The summed E-state index contributed by atoms with van der Waals surface area (Å²) in [7, 11) is -3.55. The number of carbonyl (C=O) groups is 1. The van der Waals surface area contributed by atoms with Gasteiger partial charge in [0.05, 0.1) is 17.4 Å². The van der Waals surface area contributed by atoms with Crippen molar-refractivity contribution in [3.05, 3.63) is 60.2 Å². The molecule has 7 heteroatoms. The first-order valence-electron chi connectivity index (χ1n) is 10.6. The third-order valence-corrected chi connectivity index (χ3v) is 7.19. The standard InChI is InChI=1S/C23H30N2O4S/c1-2-29-21-14-12-19(13-15-21)8-6-16-24-23(26)20-9-7-17-25(18-20)30(27,28)22-10-4-3-5-11-22/h3-5,10-15,20H,2,6-9,16-18H2,1H3,(H,24,26)/t20-/m0/s1. The molecular weight excluding hydrogens is 400 g/mol. The quantitative estimate of drug-likeness (QED) is 0.620. The summed E-state index contributed by atoms with van der Waals surface area (Å²) in [6.07, 6.45) is 3.10. The molecule has 0 unspecified atom stereocenters. The van der Waals surface area contributed by atoms with Gasteiger partial charge in [-0.25, -0.2) is 8.42 Å². The average Bonchev–Trinajstić information content (AvgIpc) is 2.78. The summed E-state index contributed by atoms with van der Waals surface area (Å²) in [5, 5.41) is 2.98. The number of nitrogens with one attached hydrogen (secondary N) is 1. The van der Waals surface area contributed by atoms with Gasteiger partial charge >= 0.3 is 0 Å². The van der Waals surface area contributed by atoms with Crippen LogP contribution in [-0.2, 0) is 21.2 Å². The first kappa shape index (κ1) is 22.3. The molecule has 0 saturated carbocycles. The molecule has 0 radical (unpaired) electrons. The number of hydrogen-bond donors (Lipinski definition) is 1. The van der Waals surface area contributed by atoms with E-state index in [4.69, 9.17) is 4.74 Å². The molecule has 1 N–H and O–H groups in total. The third kappa shape index (κ3) is 5.83. The molecule has 2 aromatic rings. The number of amides is 1. The Labute approximate surface area is 179 Å². The van der Waals surface area contributed by atoms with Gasteiger partial charge in [-0.05, 0) is 62.4 Å². The van der Waals surface area contributed by atoms with Gasteiger partial charge in [-0.2, -0.15) is 4.31 Å². The second-order valence-electron chi connectivity index (χ2n) is 7.49. The number of piperidine rings is 1. The molecule has 0 aliphatic carbocycles. The largest absolute Gasteiger partial charge is 0.494 e. The second kappa shape index (κ2) is 10.6. The molecular formula is C23H30N2O4S. The molecule has 30 heavy (non-hydrogen) atoms. The number of hydrogen-bond acceptors (Lipinski definition) is 4. The molecule has 1 saturated heterocycles. The fourth-order valence-electron chi connectivity index (χ4n) is 3.68. The van der Waals surface area contributed by atoms with Gasteiger partial charge in [-0.15, -0.1) is 0 Å². The van der Waals surface area contributed by atoms with Crippen LogP contribution in [0.1, 0.15) is 31.7 Å². The van der Waals surface area contributed by atoms with Crippen LogP contribution in [0, 0.1) is 5.92 Å². The van der Waals surface area contributed by atoms with Crippen LogP contribution in [0.3, 0.4) is 0 Å². The van der Waals surface area contributed by atoms with E-state index in [0.29, 0.717) is 32.5 Å². The molecule has 2 aromatic carbocycles. The predicted molar refractivity (Wildman–Crippen MR) is 117 cm³/mol. The fourth-order valence-corrected chi connectivity index (χ4v) is 5.23.